The zero-order chi connectivity index (χ0) is 52.7. The number of imidazole rings is 2. The van der Waals surface area contributed by atoms with Crippen molar-refractivity contribution in [1.82, 2.24) is 53.8 Å². The van der Waals surface area contributed by atoms with Crippen LogP contribution in [-0.2, 0) is 37.5 Å². The summed E-state index contributed by atoms with van der Waals surface area (Å²) in [6.07, 6.45) is 8.47. The van der Waals surface area contributed by atoms with Gasteiger partial charge in [0.15, 0.2) is 5.75 Å². The van der Waals surface area contributed by atoms with Crippen LogP contribution in [0.15, 0.2) is 73.1 Å². The number of fused-ring (bicyclic) bond motifs is 2. The quantitative estimate of drug-likeness (QED) is 0.0561. The van der Waals surface area contributed by atoms with E-state index in [2.05, 4.69) is 46.5 Å². The van der Waals surface area contributed by atoms with Gasteiger partial charge in [-0.2, -0.15) is 15.3 Å². The van der Waals surface area contributed by atoms with E-state index in [1.54, 1.807) is 95.8 Å². The number of anilines is 3. The Morgan fingerprint density at radius 1 is 0.671 bits per heavy atom. The van der Waals surface area contributed by atoms with Crippen molar-refractivity contribution in [2.45, 2.75) is 86.8 Å². The fraction of sp³-hybridized carbons (Fsp3) is 0.312. The highest BCUT2D eigenvalue weighted by Gasteiger charge is 2.25. The van der Waals surface area contributed by atoms with Gasteiger partial charge in [0.05, 0.1) is 48.0 Å². The molecule has 0 fully saturated rings. The van der Waals surface area contributed by atoms with E-state index < -0.39 is 41.4 Å². The van der Waals surface area contributed by atoms with Crippen LogP contribution in [0.2, 0.25) is 0 Å². The fourth-order valence-electron chi connectivity index (χ4n) is 7.65. The van der Waals surface area contributed by atoms with Gasteiger partial charge < -0.3 is 40.1 Å². The molecule has 382 valence electrons. The zero-order valence-corrected chi connectivity index (χ0v) is 41.5. The molecule has 0 aliphatic heterocycles. The monoisotopic (exact) mass is 1000 g/mol. The van der Waals surface area contributed by atoms with Gasteiger partial charge in [0.2, 0.25) is 23.7 Å². The van der Waals surface area contributed by atoms with E-state index in [0.29, 0.717) is 53.4 Å². The molecule has 0 aliphatic rings. The van der Waals surface area contributed by atoms with Crippen LogP contribution in [0.4, 0.5) is 27.2 Å². The van der Waals surface area contributed by atoms with Crippen molar-refractivity contribution in [1.29, 1.82) is 0 Å². The predicted octanol–water partition coefficient (Wildman–Crippen LogP) is 5.29. The topological polar surface area (TPSA) is 319 Å². The molecule has 7 rings (SSSR count). The van der Waals surface area contributed by atoms with Crippen LogP contribution < -0.4 is 42.2 Å². The molecule has 0 atom stereocenters. The Balaban J connectivity index is 1.18. The molecule has 0 bridgehead atoms. The maximum Gasteiger partial charge on any atom is 0.412 e. The summed E-state index contributed by atoms with van der Waals surface area (Å²) in [7, 11) is 1.43. The molecule has 8 N–H and O–H groups in total. The second-order valence-electron chi connectivity index (χ2n) is 17.4. The van der Waals surface area contributed by atoms with Crippen LogP contribution >= 0.6 is 0 Å². The van der Waals surface area contributed by atoms with E-state index >= 15 is 0 Å². The summed E-state index contributed by atoms with van der Waals surface area (Å²) in [5, 5.41) is 24.0. The van der Waals surface area contributed by atoms with Crippen LogP contribution in [0.25, 0.3) is 22.1 Å². The number of carbonyl (C=O) groups excluding carboxylic acids is 6. The third-order valence-electron chi connectivity index (χ3n) is 10.8. The lowest BCUT2D eigenvalue weighted by atomic mass is 10.1. The van der Waals surface area contributed by atoms with Crippen molar-refractivity contribution in [2.24, 2.45) is 11.5 Å². The smallest absolute Gasteiger partial charge is 0.412 e. The molecule has 0 radical (unpaired) electrons. The number of nitrogens with two attached hydrogens (primary N) is 2. The number of amides is 6. The minimum absolute atomic E-state index is 0.0104. The average Bonchev–Trinajstić information content (AvgIpc) is 4.17. The van der Waals surface area contributed by atoms with Gasteiger partial charge in [-0.3, -0.25) is 49.2 Å². The first kappa shape index (κ1) is 51.6. The van der Waals surface area contributed by atoms with Crippen molar-refractivity contribution in [3.63, 3.8) is 0 Å². The zero-order valence-electron chi connectivity index (χ0n) is 41.5. The number of aromatic nitrogens is 10. The summed E-state index contributed by atoms with van der Waals surface area (Å²) >= 11 is 0. The highest BCUT2D eigenvalue weighted by Crippen LogP contribution is 2.33. The molecule has 25 nitrogen and oxygen atoms in total. The predicted molar refractivity (Wildman–Crippen MR) is 269 cm³/mol. The van der Waals surface area contributed by atoms with Crippen LogP contribution in [0, 0.1) is 13.8 Å². The van der Waals surface area contributed by atoms with Crippen molar-refractivity contribution in [2.75, 3.05) is 29.6 Å². The number of rotatable bonds is 19. The highest BCUT2D eigenvalue weighted by atomic mass is 16.6. The number of methoxy groups -OCH3 is 1. The van der Waals surface area contributed by atoms with Gasteiger partial charge in [-0.25, -0.2) is 19.6 Å². The number of benzene rings is 2. The summed E-state index contributed by atoms with van der Waals surface area (Å²) in [6.45, 7) is 13.7. The number of primary amides is 2. The van der Waals surface area contributed by atoms with Gasteiger partial charge in [-0.1, -0.05) is 24.3 Å². The summed E-state index contributed by atoms with van der Waals surface area (Å²) in [6, 6.07) is 8.97. The molecule has 2 aromatic carbocycles. The number of ether oxygens (including phenoxy) is 3. The SMILES string of the molecule is CCn1nc(C)cc1C(=O)Nc1nc2cc(C(N)=O)cc(OC)c2n1C/C=C/Cn1c(NC(=O)c2cc(C)nn2CC)nc2cc(C(N)=O)cc(OC(=O)NC/C=C/Cn3cc(NC(=O)OC(C)(C)C)cn3)c21. The molecule has 5 aromatic heterocycles. The first-order valence-corrected chi connectivity index (χ1v) is 23.0. The van der Waals surface area contributed by atoms with Crippen LogP contribution in [0.5, 0.6) is 11.5 Å². The molecule has 6 amide bonds. The molecule has 0 spiro atoms. The Morgan fingerprint density at radius 3 is 1.67 bits per heavy atom. The normalized spacial score (nSPS) is 11.7. The number of carbonyl (C=O) groups is 6. The minimum Gasteiger partial charge on any atom is -0.494 e. The van der Waals surface area contributed by atoms with Crippen molar-refractivity contribution < 1.29 is 43.0 Å². The van der Waals surface area contributed by atoms with Gasteiger partial charge >= 0.3 is 12.2 Å². The maximum atomic E-state index is 13.9. The number of nitrogens with one attached hydrogen (secondary N) is 4. The molecule has 0 aliphatic carbocycles. The maximum absolute atomic E-state index is 13.9. The molecule has 0 saturated heterocycles. The summed E-state index contributed by atoms with van der Waals surface area (Å²) in [5.41, 5.74) is 14.2. The van der Waals surface area contributed by atoms with Crippen LogP contribution in [0.3, 0.4) is 0 Å². The van der Waals surface area contributed by atoms with Gasteiger partial charge in [0.1, 0.15) is 33.8 Å². The van der Waals surface area contributed by atoms with E-state index in [1.807, 2.05) is 13.8 Å². The van der Waals surface area contributed by atoms with Crippen molar-refractivity contribution in [3.8, 4) is 11.5 Å². The summed E-state index contributed by atoms with van der Waals surface area (Å²) in [4.78, 5) is 87.5. The van der Waals surface area contributed by atoms with E-state index in [4.69, 9.17) is 25.7 Å². The molecular formula is C48H56N16O9. The van der Waals surface area contributed by atoms with Gasteiger partial charge in [0, 0.05) is 50.0 Å². The molecule has 25 heteroatoms. The molecular weight excluding hydrogens is 945 g/mol. The van der Waals surface area contributed by atoms with Crippen LogP contribution in [0.1, 0.15) is 87.7 Å². The van der Waals surface area contributed by atoms with E-state index in [1.165, 1.54) is 42.3 Å². The first-order valence-electron chi connectivity index (χ1n) is 23.0. The van der Waals surface area contributed by atoms with E-state index in [9.17, 15) is 28.8 Å². The van der Waals surface area contributed by atoms with Crippen molar-refractivity contribution >= 4 is 75.5 Å². The lowest BCUT2D eigenvalue weighted by Crippen LogP contribution is -2.27. The number of aryl methyl sites for hydroxylation is 4. The Kier molecular flexibility index (Phi) is 15.4. The third-order valence-corrected chi connectivity index (χ3v) is 10.8. The van der Waals surface area contributed by atoms with Crippen molar-refractivity contribution in [3.05, 3.63) is 107 Å². The number of nitrogens with zero attached hydrogens (tertiary/aromatic N) is 10. The standard InChI is InChI=1S/C48H56N16O9/c1-9-63-34(19-27(3)58-63)42(67)56-44-54-32-21-29(40(49)65)23-36(71-8)38(32)61(44)17-13-14-18-62-39-33(55-45(62)57-43(68)35-20-28(4)59-64(35)10-2)22-30(41(50)66)24-37(39)72-46(69)51-15-11-12-16-60-26-31(25-52-60)53-47(70)73-48(5,6)7/h11-14,19-26H,9-10,15-18H2,1-8H3,(H2,49,65)(H2,50,66)(H,51,69)(H,53,70)(H,54,56,67)(H,55,57,68)/b12-11+,14-13+. The Labute approximate surface area is 417 Å². The third kappa shape index (κ3) is 12.2. The summed E-state index contributed by atoms with van der Waals surface area (Å²) < 4.78 is 24.7. The Bertz CT molecular complexity index is 3330. The molecule has 73 heavy (non-hydrogen) atoms. The second-order valence-corrected chi connectivity index (χ2v) is 17.4. The fourth-order valence-corrected chi connectivity index (χ4v) is 7.65. The largest absolute Gasteiger partial charge is 0.494 e. The van der Waals surface area contributed by atoms with Crippen LogP contribution in [-0.4, -0.2) is 104 Å². The summed E-state index contributed by atoms with van der Waals surface area (Å²) in [5.74, 6) is -2.26. The lowest BCUT2D eigenvalue weighted by molar-refractivity contribution is 0.0635. The first-order chi connectivity index (χ1) is 34.7. The molecule has 7 aromatic rings. The number of hydrogen-bond donors (Lipinski definition) is 6. The molecule has 0 unspecified atom stereocenters. The lowest BCUT2D eigenvalue weighted by Gasteiger charge is -2.19. The molecule has 0 saturated carbocycles. The average molecular weight is 1000 g/mol. The molecule has 5 heterocycles. The van der Waals surface area contributed by atoms with Gasteiger partial charge in [0.25, 0.3) is 11.8 Å². The minimum atomic E-state index is -0.890. The number of allylic oxidation sites excluding steroid dienone is 3. The number of hydrogen-bond acceptors (Lipinski definition) is 14. The van der Waals surface area contributed by atoms with E-state index in [0.717, 1.165) is 0 Å². The Hall–Kier alpha value is -9.29. The van der Waals surface area contributed by atoms with Gasteiger partial charge in [-0.05, 0) is 84.9 Å². The Morgan fingerprint density at radius 2 is 1.18 bits per heavy atom. The highest BCUT2D eigenvalue weighted by molar-refractivity contribution is 6.05. The van der Waals surface area contributed by atoms with E-state index in [-0.39, 0.29) is 70.9 Å². The van der Waals surface area contributed by atoms with Gasteiger partial charge in [-0.15, -0.1) is 0 Å². The second kappa shape index (κ2) is 21.8.